The number of ether oxygens (including phenoxy) is 1. The maximum Gasteiger partial charge on any atom is 0.328 e. The van der Waals surface area contributed by atoms with E-state index in [1.54, 1.807) is 35.7 Å². The van der Waals surface area contributed by atoms with Crippen molar-refractivity contribution in [3.05, 3.63) is 52.2 Å². The van der Waals surface area contributed by atoms with E-state index in [1.165, 1.54) is 0 Å². The second-order valence-electron chi connectivity index (χ2n) is 4.13. The lowest BCUT2D eigenvalue weighted by molar-refractivity contribution is 0.408. The Morgan fingerprint density at radius 2 is 2.06 bits per heavy atom. The van der Waals surface area contributed by atoms with Gasteiger partial charge in [-0.05, 0) is 13.0 Å². The molecule has 0 bridgehead atoms. The molecule has 0 atom stereocenters. The van der Waals surface area contributed by atoms with Crippen LogP contribution >= 0.6 is 0 Å². The van der Waals surface area contributed by atoms with Crippen LogP contribution in [0.2, 0.25) is 0 Å². The molecule has 0 unspecified atom stereocenters. The standard InChI is InChI=1S/C13H16N2O2/c1-10-4-5-12(17-3)11(8-10)9-15-7-6-14(2)13(15)16/h4-8H,9H2,1-3H3. The van der Waals surface area contributed by atoms with Crippen molar-refractivity contribution in [1.29, 1.82) is 0 Å². The van der Waals surface area contributed by atoms with Gasteiger partial charge in [0.05, 0.1) is 13.7 Å². The summed E-state index contributed by atoms with van der Waals surface area (Å²) >= 11 is 0. The number of aromatic nitrogens is 2. The quantitative estimate of drug-likeness (QED) is 0.805. The molecule has 0 fully saturated rings. The Hall–Kier alpha value is -1.97. The van der Waals surface area contributed by atoms with Gasteiger partial charge in [-0.15, -0.1) is 0 Å². The van der Waals surface area contributed by atoms with Crippen LogP contribution in [-0.2, 0) is 13.6 Å². The fraction of sp³-hybridized carbons (Fsp3) is 0.308. The minimum absolute atomic E-state index is 0.0199. The second-order valence-corrected chi connectivity index (χ2v) is 4.13. The zero-order valence-electron chi connectivity index (χ0n) is 10.3. The van der Waals surface area contributed by atoms with Crippen molar-refractivity contribution in [1.82, 2.24) is 9.13 Å². The van der Waals surface area contributed by atoms with Crippen LogP contribution in [0.15, 0.2) is 35.4 Å². The highest BCUT2D eigenvalue weighted by Gasteiger charge is 2.06. The van der Waals surface area contributed by atoms with Crippen LogP contribution < -0.4 is 10.4 Å². The number of nitrogens with zero attached hydrogens (tertiary/aromatic N) is 2. The minimum atomic E-state index is -0.0199. The number of benzene rings is 1. The van der Waals surface area contributed by atoms with Crippen LogP contribution in [0.1, 0.15) is 11.1 Å². The van der Waals surface area contributed by atoms with E-state index >= 15 is 0 Å². The van der Waals surface area contributed by atoms with Gasteiger partial charge in [-0.2, -0.15) is 0 Å². The Kier molecular flexibility index (Phi) is 3.04. The van der Waals surface area contributed by atoms with E-state index in [4.69, 9.17) is 4.74 Å². The van der Waals surface area contributed by atoms with Crippen LogP contribution in [0.25, 0.3) is 0 Å². The maximum absolute atomic E-state index is 11.7. The molecule has 4 heteroatoms. The van der Waals surface area contributed by atoms with Gasteiger partial charge in [0.15, 0.2) is 0 Å². The highest BCUT2D eigenvalue weighted by molar-refractivity contribution is 5.37. The lowest BCUT2D eigenvalue weighted by Crippen LogP contribution is -2.22. The molecule has 1 heterocycles. The van der Waals surface area contributed by atoms with Crippen molar-refractivity contribution in [3.63, 3.8) is 0 Å². The molecule has 0 N–H and O–H groups in total. The summed E-state index contributed by atoms with van der Waals surface area (Å²) in [6.45, 7) is 2.56. The summed E-state index contributed by atoms with van der Waals surface area (Å²) in [6.07, 6.45) is 3.54. The number of aryl methyl sites for hydroxylation is 2. The van der Waals surface area contributed by atoms with Gasteiger partial charge in [0, 0.05) is 25.0 Å². The summed E-state index contributed by atoms with van der Waals surface area (Å²) in [7, 11) is 3.38. The van der Waals surface area contributed by atoms with Crippen molar-refractivity contribution in [2.24, 2.45) is 7.05 Å². The molecule has 0 amide bonds. The van der Waals surface area contributed by atoms with Gasteiger partial charge < -0.3 is 9.30 Å². The van der Waals surface area contributed by atoms with E-state index in [0.29, 0.717) is 6.54 Å². The molecule has 2 aromatic rings. The molecule has 0 radical (unpaired) electrons. The number of rotatable bonds is 3. The van der Waals surface area contributed by atoms with Crippen molar-refractivity contribution >= 4 is 0 Å². The van der Waals surface area contributed by atoms with Gasteiger partial charge >= 0.3 is 5.69 Å². The van der Waals surface area contributed by atoms with Gasteiger partial charge in [0.25, 0.3) is 0 Å². The van der Waals surface area contributed by atoms with Crippen molar-refractivity contribution < 1.29 is 4.74 Å². The molecule has 0 aliphatic heterocycles. The van der Waals surface area contributed by atoms with Gasteiger partial charge in [-0.25, -0.2) is 4.79 Å². The highest BCUT2D eigenvalue weighted by Crippen LogP contribution is 2.20. The Morgan fingerprint density at radius 3 is 2.65 bits per heavy atom. The first-order valence-corrected chi connectivity index (χ1v) is 5.47. The number of hydrogen-bond acceptors (Lipinski definition) is 2. The van der Waals surface area contributed by atoms with Crippen LogP contribution in [0.5, 0.6) is 5.75 Å². The number of hydrogen-bond donors (Lipinski definition) is 0. The largest absolute Gasteiger partial charge is 0.496 e. The van der Waals surface area contributed by atoms with E-state index in [1.807, 2.05) is 25.1 Å². The Balaban J connectivity index is 2.38. The summed E-state index contributed by atoms with van der Waals surface area (Å²) in [5, 5.41) is 0. The normalized spacial score (nSPS) is 10.5. The van der Waals surface area contributed by atoms with Crippen molar-refractivity contribution in [2.45, 2.75) is 13.5 Å². The zero-order valence-corrected chi connectivity index (χ0v) is 10.3. The Morgan fingerprint density at radius 1 is 1.29 bits per heavy atom. The average Bonchev–Trinajstić information content (AvgIpc) is 2.61. The molecular weight excluding hydrogens is 216 g/mol. The van der Waals surface area contributed by atoms with E-state index in [2.05, 4.69) is 0 Å². The van der Waals surface area contributed by atoms with Crippen LogP contribution in [0, 0.1) is 6.92 Å². The fourth-order valence-corrected chi connectivity index (χ4v) is 1.85. The topological polar surface area (TPSA) is 36.2 Å². The molecule has 0 aliphatic rings. The summed E-state index contributed by atoms with van der Waals surface area (Å²) < 4.78 is 8.52. The van der Waals surface area contributed by atoms with Gasteiger partial charge in [-0.3, -0.25) is 4.57 Å². The number of imidazole rings is 1. The molecule has 0 saturated carbocycles. The molecule has 0 spiro atoms. The summed E-state index contributed by atoms with van der Waals surface area (Å²) in [6, 6.07) is 5.97. The first kappa shape index (κ1) is 11.5. The second kappa shape index (κ2) is 4.49. The molecule has 90 valence electrons. The molecule has 4 nitrogen and oxygen atoms in total. The highest BCUT2D eigenvalue weighted by atomic mass is 16.5. The molecule has 17 heavy (non-hydrogen) atoms. The van der Waals surface area contributed by atoms with E-state index < -0.39 is 0 Å². The first-order valence-electron chi connectivity index (χ1n) is 5.47. The van der Waals surface area contributed by atoms with Gasteiger partial charge in [0.1, 0.15) is 5.75 Å². The van der Waals surface area contributed by atoms with E-state index in [0.717, 1.165) is 16.9 Å². The van der Waals surface area contributed by atoms with Crippen LogP contribution in [-0.4, -0.2) is 16.2 Å². The first-order chi connectivity index (χ1) is 8.11. The van der Waals surface area contributed by atoms with Gasteiger partial charge in [-0.1, -0.05) is 17.7 Å². The van der Waals surface area contributed by atoms with Crippen LogP contribution in [0.4, 0.5) is 0 Å². The third-order valence-corrected chi connectivity index (χ3v) is 2.79. The van der Waals surface area contributed by atoms with Crippen molar-refractivity contribution in [3.8, 4) is 5.75 Å². The SMILES string of the molecule is COc1ccc(C)cc1Cn1ccn(C)c1=O. The van der Waals surface area contributed by atoms with Gasteiger partial charge in [0.2, 0.25) is 0 Å². The molecule has 0 aliphatic carbocycles. The molecule has 0 saturated heterocycles. The lowest BCUT2D eigenvalue weighted by atomic mass is 10.1. The molecule has 1 aromatic carbocycles. The fourth-order valence-electron chi connectivity index (χ4n) is 1.85. The predicted molar refractivity (Wildman–Crippen MR) is 66.5 cm³/mol. The van der Waals surface area contributed by atoms with Crippen molar-refractivity contribution in [2.75, 3.05) is 7.11 Å². The summed E-state index contributed by atoms with van der Waals surface area (Å²) in [4.78, 5) is 11.7. The van der Waals surface area contributed by atoms with Crippen LogP contribution in [0.3, 0.4) is 0 Å². The van der Waals surface area contributed by atoms with E-state index in [-0.39, 0.29) is 5.69 Å². The third kappa shape index (κ3) is 2.25. The Bertz CT molecular complexity index is 581. The average molecular weight is 232 g/mol. The Labute approximate surface area is 100 Å². The number of methoxy groups -OCH3 is 1. The summed E-state index contributed by atoms with van der Waals surface area (Å²) in [5.41, 5.74) is 2.15. The smallest absolute Gasteiger partial charge is 0.328 e. The summed E-state index contributed by atoms with van der Waals surface area (Å²) in [5.74, 6) is 0.811. The molecule has 2 rings (SSSR count). The molecule has 1 aromatic heterocycles. The monoisotopic (exact) mass is 232 g/mol. The van der Waals surface area contributed by atoms with E-state index in [9.17, 15) is 4.79 Å². The predicted octanol–water partition coefficient (Wildman–Crippen LogP) is 1.55. The third-order valence-electron chi connectivity index (χ3n) is 2.79. The minimum Gasteiger partial charge on any atom is -0.496 e. The lowest BCUT2D eigenvalue weighted by Gasteiger charge is -2.09. The molecular formula is C13H16N2O2. The maximum atomic E-state index is 11.7. The zero-order chi connectivity index (χ0) is 12.4.